The highest BCUT2D eigenvalue weighted by atomic mass is 16.5. The Balaban J connectivity index is 2.19. The number of ether oxygens (including phenoxy) is 2. The highest BCUT2D eigenvalue weighted by Crippen LogP contribution is 2.54. The third kappa shape index (κ3) is 2.47. The van der Waals surface area contributed by atoms with Crippen molar-refractivity contribution >= 4 is 5.78 Å². The van der Waals surface area contributed by atoms with E-state index in [9.17, 15) is 9.90 Å². The molecule has 0 bridgehead atoms. The van der Waals surface area contributed by atoms with Gasteiger partial charge in [-0.3, -0.25) is 4.79 Å². The maximum absolute atomic E-state index is 12.6. The van der Waals surface area contributed by atoms with E-state index in [0.29, 0.717) is 17.9 Å². The molecule has 0 heterocycles. The van der Waals surface area contributed by atoms with Gasteiger partial charge >= 0.3 is 0 Å². The Bertz CT molecular complexity index is 682. The van der Waals surface area contributed by atoms with Crippen LogP contribution in [0.15, 0.2) is 24.0 Å². The number of aromatic hydroxyl groups is 1. The number of carbonyl (C=O) groups excluding carboxylic acids is 1. The van der Waals surface area contributed by atoms with Gasteiger partial charge in [-0.05, 0) is 56.5 Å². The normalized spacial score (nSPS) is 25.5. The van der Waals surface area contributed by atoms with Crippen LogP contribution in [0.2, 0.25) is 0 Å². The van der Waals surface area contributed by atoms with Crippen LogP contribution >= 0.6 is 0 Å². The molecule has 2 atom stereocenters. The first kappa shape index (κ1) is 16.8. The monoisotopic (exact) mass is 331 g/mol. The van der Waals surface area contributed by atoms with Crippen LogP contribution < -0.4 is 10.1 Å². The van der Waals surface area contributed by atoms with E-state index in [0.717, 1.165) is 36.9 Å². The van der Waals surface area contributed by atoms with Crippen LogP contribution in [0.5, 0.6) is 11.5 Å². The Labute approximate surface area is 142 Å². The highest BCUT2D eigenvalue weighted by molar-refractivity contribution is 5.96. The molecule has 3 rings (SSSR count). The second-order valence-electron chi connectivity index (χ2n) is 6.64. The van der Waals surface area contributed by atoms with Crippen molar-refractivity contribution in [1.82, 2.24) is 5.32 Å². The van der Waals surface area contributed by atoms with E-state index in [2.05, 4.69) is 5.32 Å². The molecule has 2 N–H and O–H groups in total. The molecule has 5 heteroatoms. The lowest BCUT2D eigenvalue weighted by Gasteiger charge is -2.47. The smallest absolute Gasteiger partial charge is 0.197 e. The molecule has 1 unspecified atom stereocenters. The number of nitrogens with one attached hydrogen (secondary N) is 1. The first-order valence-electron chi connectivity index (χ1n) is 8.40. The van der Waals surface area contributed by atoms with Gasteiger partial charge in [0.2, 0.25) is 0 Å². The standard InChI is InChI=1S/C19H25NO4/c1-20-9-8-19-11-14(21)16(24-3)10-13(19)6-4-12-5-7-15(23-2)18(22)17(12)19/h5,7,10,13,20,22H,4,6,8-9,11H2,1-3H3/t13?,19-/m1/s1. The van der Waals surface area contributed by atoms with Crippen LogP contribution in [0.4, 0.5) is 0 Å². The van der Waals surface area contributed by atoms with Crippen molar-refractivity contribution < 1.29 is 19.4 Å². The third-order valence-corrected chi connectivity index (χ3v) is 5.52. The molecule has 130 valence electrons. The summed E-state index contributed by atoms with van der Waals surface area (Å²) in [4.78, 5) is 12.6. The van der Waals surface area contributed by atoms with E-state index in [1.807, 2.05) is 19.2 Å². The van der Waals surface area contributed by atoms with Crippen LogP contribution in [0, 0.1) is 5.92 Å². The number of phenols is 1. The molecule has 0 aromatic heterocycles. The highest BCUT2D eigenvalue weighted by Gasteiger charge is 2.49. The zero-order valence-corrected chi connectivity index (χ0v) is 14.5. The van der Waals surface area contributed by atoms with Gasteiger partial charge in [-0.1, -0.05) is 6.07 Å². The average molecular weight is 331 g/mol. The maximum Gasteiger partial charge on any atom is 0.197 e. The summed E-state index contributed by atoms with van der Waals surface area (Å²) in [6.07, 6.45) is 4.92. The Morgan fingerprint density at radius 1 is 1.33 bits per heavy atom. The maximum atomic E-state index is 12.6. The van der Waals surface area contributed by atoms with Crippen LogP contribution in [0.25, 0.3) is 0 Å². The Hall–Kier alpha value is -2.01. The minimum atomic E-state index is -0.408. The summed E-state index contributed by atoms with van der Waals surface area (Å²) in [5.74, 6) is 1.26. The number of hydrogen-bond donors (Lipinski definition) is 2. The van der Waals surface area contributed by atoms with E-state index in [4.69, 9.17) is 9.47 Å². The molecule has 5 nitrogen and oxygen atoms in total. The van der Waals surface area contributed by atoms with Crippen molar-refractivity contribution in [3.05, 3.63) is 35.1 Å². The topological polar surface area (TPSA) is 67.8 Å². The molecule has 0 amide bonds. The van der Waals surface area contributed by atoms with Gasteiger partial charge < -0.3 is 19.9 Å². The number of Topliss-reactive ketones (excluding diaryl/α,β-unsaturated/α-hetero) is 1. The largest absolute Gasteiger partial charge is 0.504 e. The lowest BCUT2D eigenvalue weighted by Crippen LogP contribution is -2.45. The van der Waals surface area contributed by atoms with Crippen molar-refractivity contribution in [3.63, 3.8) is 0 Å². The third-order valence-electron chi connectivity index (χ3n) is 5.52. The molecular formula is C19H25NO4. The molecule has 0 aliphatic heterocycles. The van der Waals surface area contributed by atoms with E-state index in [1.165, 1.54) is 0 Å². The molecule has 24 heavy (non-hydrogen) atoms. The molecule has 2 aliphatic rings. The lowest BCUT2D eigenvalue weighted by atomic mass is 9.57. The molecular weight excluding hydrogens is 306 g/mol. The van der Waals surface area contributed by atoms with Crippen molar-refractivity contribution in [2.24, 2.45) is 5.92 Å². The SMILES string of the molecule is CNCC[C@@]12CC(=O)C(OC)=CC1CCc1ccc(OC)c(O)c12. The predicted octanol–water partition coefficient (Wildman–Crippen LogP) is 2.31. The fraction of sp³-hybridized carbons (Fsp3) is 0.526. The number of phenolic OH excluding ortho intramolecular Hbond substituents is 1. The van der Waals surface area contributed by atoms with E-state index in [-0.39, 0.29) is 17.5 Å². The van der Waals surface area contributed by atoms with Crippen LogP contribution in [0.1, 0.15) is 30.4 Å². The van der Waals surface area contributed by atoms with Gasteiger partial charge in [0.1, 0.15) is 0 Å². The summed E-state index contributed by atoms with van der Waals surface area (Å²) in [7, 11) is 5.00. The van der Waals surface area contributed by atoms with Gasteiger partial charge in [0.25, 0.3) is 0 Å². The van der Waals surface area contributed by atoms with E-state index < -0.39 is 5.41 Å². The van der Waals surface area contributed by atoms with Crippen molar-refractivity contribution in [3.8, 4) is 11.5 Å². The predicted molar refractivity (Wildman–Crippen MR) is 91.4 cm³/mol. The molecule has 0 fully saturated rings. The number of rotatable bonds is 5. The Morgan fingerprint density at radius 2 is 2.12 bits per heavy atom. The van der Waals surface area contributed by atoms with Crippen LogP contribution in [-0.2, 0) is 21.4 Å². The minimum absolute atomic E-state index is 0.0000713. The Kier molecular flexibility index (Phi) is 4.54. The summed E-state index contributed by atoms with van der Waals surface area (Å²) in [6.45, 7) is 0.774. The first-order valence-corrected chi connectivity index (χ1v) is 8.40. The van der Waals surface area contributed by atoms with Gasteiger partial charge in [-0.2, -0.15) is 0 Å². The van der Waals surface area contributed by atoms with Crippen LogP contribution in [-0.4, -0.2) is 38.7 Å². The quantitative estimate of drug-likeness (QED) is 0.867. The van der Waals surface area contributed by atoms with Gasteiger partial charge in [0, 0.05) is 17.4 Å². The number of aryl methyl sites for hydroxylation is 1. The lowest BCUT2D eigenvalue weighted by molar-refractivity contribution is -0.121. The number of hydrogen-bond acceptors (Lipinski definition) is 5. The summed E-state index contributed by atoms with van der Waals surface area (Å²) in [5, 5.41) is 14.0. The first-order chi connectivity index (χ1) is 11.6. The molecule has 0 saturated carbocycles. The van der Waals surface area contributed by atoms with E-state index in [1.54, 1.807) is 20.3 Å². The van der Waals surface area contributed by atoms with E-state index >= 15 is 0 Å². The number of methoxy groups -OCH3 is 2. The van der Waals surface area contributed by atoms with Gasteiger partial charge in [0.15, 0.2) is 23.0 Å². The Morgan fingerprint density at radius 3 is 2.79 bits per heavy atom. The number of fused-ring (bicyclic) bond motifs is 3. The minimum Gasteiger partial charge on any atom is -0.504 e. The molecule has 0 saturated heterocycles. The summed E-state index contributed by atoms with van der Waals surface area (Å²) < 4.78 is 10.6. The van der Waals surface area contributed by atoms with Gasteiger partial charge in [-0.25, -0.2) is 0 Å². The average Bonchev–Trinajstić information content (AvgIpc) is 2.59. The van der Waals surface area contributed by atoms with Gasteiger partial charge in [-0.15, -0.1) is 0 Å². The zero-order chi connectivity index (χ0) is 17.3. The molecule has 0 spiro atoms. The number of allylic oxidation sites excluding steroid dienone is 2. The summed E-state index contributed by atoms with van der Waals surface area (Å²) in [6, 6.07) is 3.83. The van der Waals surface area contributed by atoms with Crippen molar-refractivity contribution in [2.45, 2.75) is 31.1 Å². The number of benzene rings is 1. The second-order valence-corrected chi connectivity index (χ2v) is 6.64. The number of carbonyl (C=O) groups is 1. The fourth-order valence-corrected chi connectivity index (χ4v) is 4.36. The summed E-state index contributed by atoms with van der Waals surface area (Å²) in [5.41, 5.74) is 1.59. The van der Waals surface area contributed by atoms with Gasteiger partial charge in [0.05, 0.1) is 14.2 Å². The molecule has 2 aliphatic carbocycles. The zero-order valence-electron chi connectivity index (χ0n) is 14.5. The fourth-order valence-electron chi connectivity index (χ4n) is 4.36. The molecule has 0 radical (unpaired) electrons. The molecule has 1 aromatic rings. The van der Waals surface area contributed by atoms with Crippen LogP contribution in [0.3, 0.4) is 0 Å². The second kappa shape index (κ2) is 6.48. The van der Waals surface area contributed by atoms with Crippen molar-refractivity contribution in [2.75, 3.05) is 27.8 Å². The summed E-state index contributed by atoms with van der Waals surface area (Å²) >= 11 is 0. The van der Waals surface area contributed by atoms with Crippen molar-refractivity contribution in [1.29, 1.82) is 0 Å². The number of ketones is 1. The molecule has 1 aromatic carbocycles.